The average Bonchev–Trinajstić information content (AvgIpc) is 3.30. The molecule has 1 heterocycles. The molecule has 1 aliphatic carbocycles. The summed E-state index contributed by atoms with van der Waals surface area (Å²) in [5.41, 5.74) is 0.944. The van der Waals surface area contributed by atoms with Crippen molar-refractivity contribution in [2.45, 2.75) is 50.9 Å². The molecule has 2 N–H and O–H groups in total. The molecule has 3 rings (SSSR count). The number of amides is 1. The van der Waals surface area contributed by atoms with Crippen LogP contribution in [0.5, 0.6) is 5.75 Å². The molecule has 0 bridgehead atoms. The van der Waals surface area contributed by atoms with Crippen LogP contribution in [0.2, 0.25) is 0 Å². The third kappa shape index (κ3) is 5.55. The van der Waals surface area contributed by atoms with Gasteiger partial charge in [-0.3, -0.25) is 9.79 Å². The van der Waals surface area contributed by atoms with E-state index in [1.54, 1.807) is 11.9 Å². The van der Waals surface area contributed by atoms with E-state index in [0.29, 0.717) is 13.2 Å². The first-order valence-electron chi connectivity index (χ1n) is 11.9. The van der Waals surface area contributed by atoms with Gasteiger partial charge in [0.25, 0.3) is 0 Å². The Balaban J connectivity index is 1.67. The van der Waals surface area contributed by atoms with Gasteiger partial charge in [-0.05, 0) is 50.3 Å². The summed E-state index contributed by atoms with van der Waals surface area (Å²) in [5.74, 6) is 1.86. The maximum absolute atomic E-state index is 12.9. The number of nitrogens with one attached hydrogen (secondary N) is 2. The Hall–Kier alpha value is -2.28. The van der Waals surface area contributed by atoms with Crippen LogP contribution < -0.4 is 15.4 Å². The standard InChI is InChI=1S/C25H40N4O3/c1-5-32-21-10-8-20(9-11-21)24(14-16-31-17-15-24)18-27-23(26-2)28-19-25(12-6-7-13-25)22(30)29(3)4/h8-11H,5-7,12-19H2,1-4H3,(H2,26,27,28). The molecule has 1 aromatic rings. The van der Waals surface area contributed by atoms with Gasteiger partial charge >= 0.3 is 0 Å². The summed E-state index contributed by atoms with van der Waals surface area (Å²) in [4.78, 5) is 19.1. The zero-order chi connectivity index (χ0) is 23.0. The third-order valence-corrected chi connectivity index (χ3v) is 7.06. The van der Waals surface area contributed by atoms with Crippen LogP contribution in [0.15, 0.2) is 29.3 Å². The molecule has 0 aromatic heterocycles. The molecule has 1 amide bonds. The molecule has 1 saturated carbocycles. The Kier molecular flexibility index (Phi) is 8.40. The van der Waals surface area contributed by atoms with E-state index in [-0.39, 0.29) is 16.7 Å². The second-order valence-electron chi connectivity index (χ2n) is 9.32. The predicted octanol–water partition coefficient (Wildman–Crippen LogP) is 2.95. The molecular weight excluding hydrogens is 404 g/mol. The molecule has 1 aliphatic heterocycles. The number of aliphatic imine (C=N–C) groups is 1. The van der Waals surface area contributed by atoms with Gasteiger partial charge in [-0.25, -0.2) is 0 Å². The number of rotatable bonds is 8. The Bertz CT molecular complexity index is 764. The summed E-state index contributed by atoms with van der Waals surface area (Å²) < 4.78 is 11.3. The fourth-order valence-electron chi connectivity index (χ4n) is 5.12. The minimum Gasteiger partial charge on any atom is -0.494 e. The van der Waals surface area contributed by atoms with Crippen molar-refractivity contribution in [3.63, 3.8) is 0 Å². The molecule has 0 unspecified atom stereocenters. The number of ether oxygens (including phenoxy) is 2. The SMILES string of the molecule is CCOc1ccc(C2(CNC(=NC)NCC3(C(=O)N(C)C)CCCC3)CCOCC2)cc1. The maximum atomic E-state index is 12.9. The van der Waals surface area contributed by atoms with Crippen LogP contribution in [0.1, 0.15) is 51.0 Å². The smallest absolute Gasteiger partial charge is 0.230 e. The zero-order valence-electron chi connectivity index (χ0n) is 20.2. The van der Waals surface area contributed by atoms with Gasteiger partial charge in [0.2, 0.25) is 5.91 Å². The monoisotopic (exact) mass is 444 g/mol. The van der Waals surface area contributed by atoms with Crippen LogP contribution in [0.4, 0.5) is 0 Å². The van der Waals surface area contributed by atoms with Crippen molar-refractivity contribution in [2.24, 2.45) is 10.4 Å². The minimum atomic E-state index is -0.327. The van der Waals surface area contributed by atoms with Crippen LogP contribution >= 0.6 is 0 Å². The minimum absolute atomic E-state index is 0.0227. The quantitative estimate of drug-likeness (QED) is 0.476. The van der Waals surface area contributed by atoms with E-state index in [2.05, 4.69) is 39.9 Å². The summed E-state index contributed by atoms with van der Waals surface area (Å²) in [5, 5.41) is 7.02. The predicted molar refractivity (Wildman–Crippen MR) is 128 cm³/mol. The van der Waals surface area contributed by atoms with Gasteiger partial charge in [-0.15, -0.1) is 0 Å². The molecule has 178 valence electrons. The Morgan fingerprint density at radius 2 is 1.69 bits per heavy atom. The van der Waals surface area contributed by atoms with Crippen molar-refractivity contribution in [1.82, 2.24) is 15.5 Å². The van der Waals surface area contributed by atoms with Crippen molar-refractivity contribution in [1.29, 1.82) is 0 Å². The van der Waals surface area contributed by atoms with Crippen LogP contribution in [0.25, 0.3) is 0 Å². The molecule has 7 nitrogen and oxygen atoms in total. The highest BCUT2D eigenvalue weighted by atomic mass is 16.5. The summed E-state index contributed by atoms with van der Waals surface area (Å²) in [7, 11) is 5.49. The summed E-state index contributed by atoms with van der Waals surface area (Å²) in [6.45, 7) is 5.54. The second kappa shape index (κ2) is 11.0. The topological polar surface area (TPSA) is 75.2 Å². The number of carbonyl (C=O) groups is 1. The van der Waals surface area contributed by atoms with E-state index in [4.69, 9.17) is 9.47 Å². The highest BCUT2D eigenvalue weighted by Gasteiger charge is 2.42. The van der Waals surface area contributed by atoms with Gasteiger partial charge in [0.15, 0.2) is 5.96 Å². The Morgan fingerprint density at radius 1 is 1.06 bits per heavy atom. The van der Waals surface area contributed by atoms with Crippen LogP contribution in [-0.2, 0) is 14.9 Å². The highest BCUT2D eigenvalue weighted by Crippen LogP contribution is 2.39. The van der Waals surface area contributed by atoms with E-state index >= 15 is 0 Å². The molecule has 7 heteroatoms. The lowest BCUT2D eigenvalue weighted by molar-refractivity contribution is -0.138. The van der Waals surface area contributed by atoms with Crippen LogP contribution in [0, 0.1) is 5.41 Å². The third-order valence-electron chi connectivity index (χ3n) is 7.06. The average molecular weight is 445 g/mol. The van der Waals surface area contributed by atoms with E-state index in [1.807, 2.05) is 21.0 Å². The second-order valence-corrected chi connectivity index (χ2v) is 9.32. The number of benzene rings is 1. The van der Waals surface area contributed by atoms with Crippen molar-refractivity contribution < 1.29 is 14.3 Å². The van der Waals surface area contributed by atoms with Crippen LogP contribution in [0.3, 0.4) is 0 Å². The number of hydrogen-bond acceptors (Lipinski definition) is 4. The molecule has 2 aliphatic rings. The van der Waals surface area contributed by atoms with Crippen molar-refractivity contribution in [3.8, 4) is 5.75 Å². The van der Waals surface area contributed by atoms with Gasteiger partial charge < -0.3 is 25.0 Å². The molecule has 0 atom stereocenters. The molecule has 32 heavy (non-hydrogen) atoms. The van der Waals surface area contributed by atoms with Crippen molar-refractivity contribution in [3.05, 3.63) is 29.8 Å². The first-order chi connectivity index (χ1) is 15.4. The lowest BCUT2D eigenvalue weighted by atomic mass is 9.74. The molecule has 0 radical (unpaired) electrons. The van der Waals surface area contributed by atoms with E-state index in [1.165, 1.54) is 5.56 Å². The van der Waals surface area contributed by atoms with Gasteiger partial charge in [-0.1, -0.05) is 25.0 Å². The Labute approximate surface area is 192 Å². The fraction of sp³-hybridized carbons (Fsp3) is 0.680. The number of carbonyl (C=O) groups excluding carboxylic acids is 1. The fourth-order valence-corrected chi connectivity index (χ4v) is 5.12. The first kappa shape index (κ1) is 24.4. The molecule has 1 aromatic carbocycles. The molecule has 2 fully saturated rings. The summed E-state index contributed by atoms with van der Waals surface area (Å²) >= 11 is 0. The summed E-state index contributed by atoms with van der Waals surface area (Å²) in [6, 6.07) is 8.47. The van der Waals surface area contributed by atoms with Gasteiger partial charge in [0.1, 0.15) is 5.75 Å². The van der Waals surface area contributed by atoms with E-state index < -0.39 is 0 Å². The lowest BCUT2D eigenvalue weighted by Crippen LogP contribution is -2.52. The normalized spacial score (nSPS) is 19.9. The van der Waals surface area contributed by atoms with Gasteiger partial charge in [0.05, 0.1) is 12.0 Å². The molecule has 0 spiro atoms. The van der Waals surface area contributed by atoms with Gasteiger partial charge in [0, 0.05) is 52.9 Å². The number of guanidine groups is 1. The number of hydrogen-bond donors (Lipinski definition) is 2. The van der Waals surface area contributed by atoms with Crippen LogP contribution in [-0.4, -0.2) is 70.8 Å². The van der Waals surface area contributed by atoms with E-state index in [9.17, 15) is 4.79 Å². The number of nitrogens with zero attached hydrogens (tertiary/aromatic N) is 2. The maximum Gasteiger partial charge on any atom is 0.230 e. The largest absolute Gasteiger partial charge is 0.494 e. The molecule has 1 saturated heterocycles. The first-order valence-corrected chi connectivity index (χ1v) is 11.9. The highest BCUT2D eigenvalue weighted by molar-refractivity contribution is 5.85. The zero-order valence-corrected chi connectivity index (χ0v) is 20.2. The van der Waals surface area contributed by atoms with Crippen molar-refractivity contribution >= 4 is 11.9 Å². The van der Waals surface area contributed by atoms with Gasteiger partial charge in [-0.2, -0.15) is 0 Å². The summed E-state index contributed by atoms with van der Waals surface area (Å²) in [6.07, 6.45) is 5.98. The van der Waals surface area contributed by atoms with Crippen molar-refractivity contribution in [2.75, 3.05) is 54.1 Å². The Morgan fingerprint density at radius 3 is 2.25 bits per heavy atom. The molecular formula is C25H40N4O3. The van der Waals surface area contributed by atoms with E-state index in [0.717, 1.165) is 70.0 Å². The lowest BCUT2D eigenvalue weighted by Gasteiger charge is -2.38.